The molecule has 0 bridgehead atoms. The molecular weight excluding hydrogens is 879 g/mol. The number of para-hydroxylation sites is 4. The van der Waals surface area contributed by atoms with Crippen LogP contribution in [0, 0.1) is 0 Å². The number of nitrogens with zero attached hydrogens (tertiary/aromatic N) is 6. The van der Waals surface area contributed by atoms with Gasteiger partial charge in [0.25, 0.3) is 0 Å². The van der Waals surface area contributed by atoms with Crippen LogP contribution in [0.4, 0.5) is 0 Å². The molecule has 0 saturated carbocycles. The molecule has 1 aliphatic rings. The van der Waals surface area contributed by atoms with Crippen LogP contribution in [0.2, 0.25) is 0 Å². The van der Waals surface area contributed by atoms with Crippen molar-refractivity contribution in [3.8, 4) is 11.4 Å². The van der Waals surface area contributed by atoms with E-state index in [9.17, 15) is 0 Å². The molecule has 0 spiro atoms. The van der Waals surface area contributed by atoms with Gasteiger partial charge in [-0.25, -0.2) is 4.99 Å². The molecule has 7 nitrogen and oxygen atoms in total. The summed E-state index contributed by atoms with van der Waals surface area (Å²) in [6, 6.07) is 85.5. The number of rotatable bonds is 4. The number of aliphatic imine (C=N–C) groups is 2. The average molecular weight is 920 g/mol. The van der Waals surface area contributed by atoms with E-state index in [0.29, 0.717) is 5.96 Å². The highest BCUT2D eigenvalue weighted by molar-refractivity contribution is 6.30. The smallest absolute Gasteiger partial charge is 0.235 e. The largest absolute Gasteiger partial charge is 0.330 e. The van der Waals surface area contributed by atoms with Crippen LogP contribution in [-0.4, -0.2) is 30.1 Å². The van der Waals surface area contributed by atoms with E-state index in [1.165, 1.54) is 37.8 Å². The molecule has 1 unspecified atom stereocenters. The van der Waals surface area contributed by atoms with Crippen molar-refractivity contribution in [2.45, 2.75) is 6.29 Å². The Bertz CT molecular complexity index is 4820. The Hall–Kier alpha value is -9.72. The molecular formula is C65H41N7. The maximum atomic E-state index is 5.95. The standard InChI is InChI=1S/C65H41N7/c1-4-20-42(21-5-1)63-66-64(71-56-31-17-15-29-48(56)50-37-36-49-47-28-14-16-30-55(47)69(59(49)61(50)71)43-22-6-2-7-23-43)68-65(67-63)72-58-46-27-13-11-19-41(46)33-35-52(58)54-39-38-53-51-34-32-40-18-10-12-26-45(40)57(51)70(60(53)62(54)72)44-24-8-3-9-25-44/h1-39,65H,(H,66,67,68). The summed E-state index contributed by atoms with van der Waals surface area (Å²) in [5.41, 5.74) is 12.0. The molecule has 1 atom stereocenters. The minimum Gasteiger partial charge on any atom is -0.330 e. The first-order chi connectivity index (χ1) is 35.8. The Morgan fingerprint density at radius 2 is 0.722 bits per heavy atom. The average Bonchev–Trinajstić information content (AvgIpc) is 4.19. The molecule has 1 aliphatic heterocycles. The van der Waals surface area contributed by atoms with E-state index in [1.807, 2.05) is 0 Å². The molecule has 5 heterocycles. The number of amidine groups is 1. The summed E-state index contributed by atoms with van der Waals surface area (Å²) in [5, 5.41) is 18.0. The Labute approximate surface area is 412 Å². The molecule has 1 N–H and O–H groups in total. The minimum absolute atomic E-state index is 0.596. The van der Waals surface area contributed by atoms with Gasteiger partial charge in [0.1, 0.15) is 5.84 Å². The highest BCUT2D eigenvalue weighted by atomic mass is 15.4. The molecule has 7 heteroatoms. The third-order valence-corrected chi connectivity index (χ3v) is 15.2. The zero-order valence-corrected chi connectivity index (χ0v) is 38.8. The lowest BCUT2D eigenvalue weighted by atomic mass is 10.0. The molecule has 15 aromatic rings. The van der Waals surface area contributed by atoms with Crippen molar-refractivity contribution >= 4 is 121 Å². The van der Waals surface area contributed by atoms with Crippen LogP contribution >= 0.6 is 0 Å². The van der Waals surface area contributed by atoms with Crippen LogP contribution in [0.1, 0.15) is 11.9 Å². The quantitative estimate of drug-likeness (QED) is 0.188. The number of benzene rings is 11. The lowest BCUT2D eigenvalue weighted by Gasteiger charge is -2.27. The van der Waals surface area contributed by atoms with E-state index in [2.05, 4.69) is 260 Å². The van der Waals surface area contributed by atoms with Gasteiger partial charge in [-0.1, -0.05) is 200 Å². The van der Waals surface area contributed by atoms with Crippen molar-refractivity contribution in [3.63, 3.8) is 0 Å². The van der Waals surface area contributed by atoms with Gasteiger partial charge in [0.2, 0.25) is 12.2 Å². The molecule has 4 aromatic heterocycles. The van der Waals surface area contributed by atoms with Crippen molar-refractivity contribution < 1.29 is 0 Å². The first-order valence-corrected chi connectivity index (χ1v) is 24.6. The highest BCUT2D eigenvalue weighted by Gasteiger charge is 2.31. The highest BCUT2D eigenvalue weighted by Crippen LogP contribution is 2.46. The van der Waals surface area contributed by atoms with Crippen LogP contribution in [0.3, 0.4) is 0 Å². The zero-order valence-electron chi connectivity index (χ0n) is 38.8. The first-order valence-electron chi connectivity index (χ1n) is 24.6. The van der Waals surface area contributed by atoms with Gasteiger partial charge in [-0.15, -0.1) is 0 Å². The van der Waals surface area contributed by atoms with E-state index in [-0.39, 0.29) is 0 Å². The van der Waals surface area contributed by atoms with Gasteiger partial charge in [0, 0.05) is 70.8 Å². The number of nitrogens with one attached hydrogen (secondary N) is 1. The van der Waals surface area contributed by atoms with Crippen molar-refractivity contribution in [2.24, 2.45) is 9.98 Å². The third-order valence-electron chi connectivity index (χ3n) is 15.2. The second kappa shape index (κ2) is 14.9. The Kier molecular flexibility index (Phi) is 8.10. The van der Waals surface area contributed by atoms with Crippen molar-refractivity contribution in [1.29, 1.82) is 0 Å². The monoisotopic (exact) mass is 919 g/mol. The SMILES string of the molecule is c1ccc(C2=NC(n3c4ccccc4c4ccc5c6ccccc6n(-c6ccccc6)c5c43)=NC(n3c4c5ccccc5ccc4c4ccc5c6ccc7ccccc7c6n(-c6ccccc6)c5c43)N2)cc1. The Morgan fingerprint density at radius 1 is 0.306 bits per heavy atom. The number of hydrogen-bond acceptors (Lipinski definition) is 3. The van der Waals surface area contributed by atoms with Gasteiger partial charge >= 0.3 is 0 Å². The van der Waals surface area contributed by atoms with E-state index in [4.69, 9.17) is 9.98 Å². The van der Waals surface area contributed by atoms with E-state index in [0.717, 1.165) is 93.7 Å². The van der Waals surface area contributed by atoms with E-state index < -0.39 is 6.29 Å². The van der Waals surface area contributed by atoms with Gasteiger partial charge in [-0.2, -0.15) is 4.99 Å². The van der Waals surface area contributed by atoms with Gasteiger partial charge in [0.15, 0.2) is 0 Å². The number of aromatic nitrogens is 4. The summed E-state index contributed by atoms with van der Waals surface area (Å²) in [6.07, 6.45) is -0.654. The summed E-state index contributed by atoms with van der Waals surface area (Å²) in [7, 11) is 0. The molecule has 72 heavy (non-hydrogen) atoms. The van der Waals surface area contributed by atoms with Crippen molar-refractivity contribution in [1.82, 2.24) is 23.6 Å². The molecule has 16 rings (SSSR count). The summed E-state index contributed by atoms with van der Waals surface area (Å²) in [5.74, 6) is 1.34. The fourth-order valence-corrected chi connectivity index (χ4v) is 12.2. The molecule has 0 radical (unpaired) electrons. The van der Waals surface area contributed by atoms with Crippen LogP contribution in [0.25, 0.3) is 120 Å². The fourth-order valence-electron chi connectivity index (χ4n) is 12.2. The molecule has 0 saturated heterocycles. The van der Waals surface area contributed by atoms with Crippen LogP contribution in [0.15, 0.2) is 247 Å². The van der Waals surface area contributed by atoms with Crippen molar-refractivity contribution in [2.75, 3.05) is 0 Å². The van der Waals surface area contributed by atoms with Crippen LogP contribution in [0.5, 0.6) is 0 Å². The maximum absolute atomic E-state index is 5.95. The third kappa shape index (κ3) is 5.39. The summed E-state index contributed by atoms with van der Waals surface area (Å²) < 4.78 is 9.73. The second-order valence-electron chi connectivity index (χ2n) is 18.9. The molecule has 11 aromatic carbocycles. The second-order valence-corrected chi connectivity index (χ2v) is 18.9. The predicted octanol–water partition coefficient (Wildman–Crippen LogP) is 15.8. The van der Waals surface area contributed by atoms with Crippen molar-refractivity contribution in [3.05, 3.63) is 242 Å². The van der Waals surface area contributed by atoms with E-state index >= 15 is 0 Å². The van der Waals surface area contributed by atoms with Crippen LogP contribution < -0.4 is 5.32 Å². The van der Waals surface area contributed by atoms with Gasteiger partial charge < -0.3 is 14.5 Å². The Balaban J connectivity index is 1.09. The lowest BCUT2D eigenvalue weighted by molar-refractivity contribution is 0.514. The zero-order chi connectivity index (χ0) is 47.0. The topological polar surface area (TPSA) is 56.5 Å². The maximum Gasteiger partial charge on any atom is 0.235 e. The number of hydrogen-bond donors (Lipinski definition) is 1. The molecule has 0 amide bonds. The van der Waals surface area contributed by atoms with Gasteiger partial charge in [-0.05, 0) is 47.2 Å². The summed E-state index contributed by atoms with van der Waals surface area (Å²) in [4.78, 5) is 11.6. The van der Waals surface area contributed by atoms with E-state index in [1.54, 1.807) is 0 Å². The summed E-state index contributed by atoms with van der Waals surface area (Å²) in [6.45, 7) is 0. The number of fused-ring (bicyclic) bond motifs is 18. The molecule has 0 aliphatic carbocycles. The molecule has 0 fully saturated rings. The van der Waals surface area contributed by atoms with Gasteiger partial charge in [0.05, 0.1) is 44.1 Å². The van der Waals surface area contributed by atoms with Gasteiger partial charge in [-0.3, -0.25) is 9.13 Å². The first kappa shape index (κ1) is 39.2. The van der Waals surface area contributed by atoms with Crippen LogP contribution in [-0.2, 0) is 0 Å². The lowest BCUT2D eigenvalue weighted by Crippen LogP contribution is -2.37. The predicted molar refractivity (Wildman–Crippen MR) is 301 cm³/mol. The minimum atomic E-state index is -0.654. The summed E-state index contributed by atoms with van der Waals surface area (Å²) >= 11 is 0. The normalized spacial score (nSPS) is 14.2. The Morgan fingerprint density at radius 3 is 1.35 bits per heavy atom. The molecule has 336 valence electrons. The fraction of sp³-hybridized carbons (Fsp3) is 0.0154.